The summed E-state index contributed by atoms with van der Waals surface area (Å²) in [5, 5.41) is 7.16. The van der Waals surface area contributed by atoms with Crippen LogP contribution < -0.4 is 10.9 Å². The molecule has 8 heteroatoms. The summed E-state index contributed by atoms with van der Waals surface area (Å²) in [4.78, 5) is 29.7. The van der Waals surface area contributed by atoms with Gasteiger partial charge in [0.05, 0.1) is 17.8 Å². The zero-order chi connectivity index (χ0) is 20.5. The molecule has 0 unspecified atom stereocenters. The summed E-state index contributed by atoms with van der Waals surface area (Å²) < 4.78 is 8.15. The quantitative estimate of drug-likeness (QED) is 0.490. The lowest BCUT2D eigenvalue weighted by Gasteiger charge is -2.20. The average Bonchev–Trinajstić information content (AvgIpc) is 3.37. The minimum absolute atomic E-state index is 0.198. The van der Waals surface area contributed by atoms with Crippen LogP contribution in [0.25, 0.3) is 16.6 Å². The number of amides is 1. The third-order valence-corrected chi connectivity index (χ3v) is 4.99. The summed E-state index contributed by atoms with van der Waals surface area (Å²) in [6, 6.07) is 16.4. The Balaban J connectivity index is 1.44. The number of rotatable bonds is 5. The monoisotopic (exact) mass is 399 g/mol. The lowest BCUT2D eigenvalue weighted by molar-refractivity contribution is -0.122. The van der Waals surface area contributed by atoms with Gasteiger partial charge in [-0.2, -0.15) is 5.10 Å². The van der Waals surface area contributed by atoms with Crippen LogP contribution in [0.3, 0.4) is 0 Å². The first kappa shape index (κ1) is 17.9. The van der Waals surface area contributed by atoms with Gasteiger partial charge in [-0.1, -0.05) is 30.3 Å². The van der Waals surface area contributed by atoms with Crippen LogP contribution in [-0.4, -0.2) is 25.1 Å². The number of fused-ring (bicyclic) bond motifs is 3. The maximum atomic E-state index is 12.8. The van der Waals surface area contributed by atoms with E-state index in [0.29, 0.717) is 11.1 Å². The maximum absolute atomic E-state index is 12.8. The van der Waals surface area contributed by atoms with E-state index in [0.717, 1.165) is 21.3 Å². The fourth-order valence-corrected chi connectivity index (χ4v) is 3.55. The molecular weight excluding hydrogens is 382 g/mol. The first-order valence-corrected chi connectivity index (χ1v) is 9.39. The Morgan fingerprint density at radius 1 is 1.03 bits per heavy atom. The van der Waals surface area contributed by atoms with Crippen LogP contribution in [0.1, 0.15) is 17.2 Å². The van der Waals surface area contributed by atoms with Gasteiger partial charge in [-0.3, -0.25) is 19.0 Å². The molecule has 5 rings (SSSR count). The second-order valence-electron chi connectivity index (χ2n) is 6.86. The molecular formula is C22H17N5O3. The van der Waals surface area contributed by atoms with E-state index in [1.54, 1.807) is 35.2 Å². The lowest BCUT2D eigenvalue weighted by Crippen LogP contribution is -2.36. The van der Waals surface area contributed by atoms with Crippen molar-refractivity contribution < 1.29 is 9.21 Å². The van der Waals surface area contributed by atoms with Gasteiger partial charge in [0.15, 0.2) is 5.58 Å². The van der Waals surface area contributed by atoms with E-state index in [4.69, 9.17) is 4.42 Å². The Morgan fingerprint density at radius 2 is 1.80 bits per heavy atom. The third-order valence-electron chi connectivity index (χ3n) is 4.99. The molecule has 30 heavy (non-hydrogen) atoms. The summed E-state index contributed by atoms with van der Waals surface area (Å²) >= 11 is 0. The van der Waals surface area contributed by atoms with E-state index < -0.39 is 0 Å². The summed E-state index contributed by atoms with van der Waals surface area (Å²) in [6.45, 7) is -0.198. The van der Waals surface area contributed by atoms with E-state index in [1.165, 1.54) is 6.33 Å². The Hall–Kier alpha value is -4.20. The number of nitrogens with zero attached hydrogens (tertiary/aromatic N) is 4. The number of nitrogens with one attached hydrogen (secondary N) is 1. The molecule has 1 atom stereocenters. The average molecular weight is 399 g/mol. The van der Waals surface area contributed by atoms with Crippen molar-refractivity contribution in [3.8, 4) is 0 Å². The number of carbonyl (C=O) groups is 1. The van der Waals surface area contributed by atoms with Gasteiger partial charge in [-0.05, 0) is 23.3 Å². The molecule has 0 saturated heterocycles. The van der Waals surface area contributed by atoms with Crippen LogP contribution in [-0.2, 0) is 11.3 Å². The van der Waals surface area contributed by atoms with Gasteiger partial charge in [0, 0.05) is 24.5 Å². The summed E-state index contributed by atoms with van der Waals surface area (Å²) in [6.07, 6.45) is 6.43. The van der Waals surface area contributed by atoms with Gasteiger partial charge < -0.3 is 9.73 Å². The second-order valence-corrected chi connectivity index (χ2v) is 6.86. The van der Waals surface area contributed by atoms with E-state index >= 15 is 0 Å². The van der Waals surface area contributed by atoms with E-state index in [9.17, 15) is 9.59 Å². The summed E-state index contributed by atoms with van der Waals surface area (Å²) in [5.41, 5.74) is 3.22. The number of benzene rings is 1. The summed E-state index contributed by atoms with van der Waals surface area (Å²) in [5.74, 6) is -0.324. The van der Waals surface area contributed by atoms with Crippen LogP contribution in [0, 0.1) is 0 Å². The fraction of sp³-hybridized carbons (Fsp3) is 0.0909. The van der Waals surface area contributed by atoms with E-state index in [1.807, 2.05) is 42.5 Å². The first-order chi connectivity index (χ1) is 14.7. The Labute approximate surface area is 170 Å². The lowest BCUT2D eigenvalue weighted by atomic mass is 10.00. The fourth-order valence-electron chi connectivity index (χ4n) is 3.55. The number of hydrogen-bond donors (Lipinski definition) is 1. The van der Waals surface area contributed by atoms with Gasteiger partial charge in [0.25, 0.3) is 5.56 Å². The van der Waals surface area contributed by atoms with Crippen molar-refractivity contribution >= 4 is 22.5 Å². The molecule has 4 heterocycles. The van der Waals surface area contributed by atoms with Crippen molar-refractivity contribution in [1.29, 1.82) is 0 Å². The number of carbonyl (C=O) groups excluding carboxylic acids is 1. The van der Waals surface area contributed by atoms with Crippen LogP contribution in [0.2, 0.25) is 0 Å². The van der Waals surface area contributed by atoms with Gasteiger partial charge >= 0.3 is 0 Å². The van der Waals surface area contributed by atoms with Crippen molar-refractivity contribution in [2.24, 2.45) is 0 Å². The minimum Gasteiger partial charge on any atom is -0.463 e. The molecule has 1 amide bonds. The van der Waals surface area contributed by atoms with Crippen LogP contribution in [0.15, 0.2) is 88.8 Å². The van der Waals surface area contributed by atoms with E-state index in [-0.39, 0.29) is 24.1 Å². The Kier molecular flexibility index (Phi) is 4.36. The largest absolute Gasteiger partial charge is 0.463 e. The van der Waals surface area contributed by atoms with Crippen LogP contribution in [0.4, 0.5) is 0 Å². The van der Waals surface area contributed by atoms with Crippen molar-refractivity contribution in [1.82, 2.24) is 24.5 Å². The van der Waals surface area contributed by atoms with Gasteiger partial charge in [0.2, 0.25) is 5.91 Å². The summed E-state index contributed by atoms with van der Waals surface area (Å²) in [7, 11) is 0. The topological polar surface area (TPSA) is 94.4 Å². The highest BCUT2D eigenvalue weighted by Crippen LogP contribution is 2.21. The minimum atomic E-state index is -0.364. The van der Waals surface area contributed by atoms with Gasteiger partial charge in [-0.15, -0.1) is 0 Å². The predicted molar refractivity (Wildman–Crippen MR) is 110 cm³/mol. The Bertz CT molecular complexity index is 1350. The zero-order valence-electron chi connectivity index (χ0n) is 15.8. The van der Waals surface area contributed by atoms with Crippen LogP contribution >= 0.6 is 0 Å². The standard InChI is InChI=1S/C22H17N5O3/c28-20(25-21(15-4-2-1-3-5-15)16-6-9-23-10-7-16)13-27-22(29)18-12-19-17(8-11-30-19)26(18)14-24-27/h1-12,14,21H,13H2,(H,25,28)/t21-/m0/s1. The smallest absolute Gasteiger partial charge is 0.291 e. The number of furan rings is 1. The normalized spacial score (nSPS) is 12.3. The van der Waals surface area contributed by atoms with Crippen molar-refractivity contribution in [2.45, 2.75) is 12.6 Å². The number of hydrogen-bond acceptors (Lipinski definition) is 5. The third kappa shape index (κ3) is 3.14. The molecule has 4 aromatic heterocycles. The molecule has 1 N–H and O–H groups in total. The predicted octanol–water partition coefficient (Wildman–Crippen LogP) is 2.54. The maximum Gasteiger partial charge on any atom is 0.291 e. The molecule has 5 aromatic rings. The van der Waals surface area contributed by atoms with E-state index in [2.05, 4.69) is 15.4 Å². The SMILES string of the molecule is O=C(Cn1ncn2c(cc3occc32)c1=O)N[C@@H](c1ccccc1)c1ccncc1. The second kappa shape index (κ2) is 7.32. The van der Waals surface area contributed by atoms with Crippen molar-refractivity contribution in [2.75, 3.05) is 0 Å². The molecule has 1 aromatic carbocycles. The molecule has 0 saturated carbocycles. The number of pyridine rings is 1. The van der Waals surface area contributed by atoms with Crippen molar-refractivity contribution in [3.05, 3.63) is 101 Å². The van der Waals surface area contributed by atoms with Gasteiger partial charge in [-0.25, -0.2) is 4.68 Å². The van der Waals surface area contributed by atoms with Crippen LogP contribution in [0.5, 0.6) is 0 Å². The molecule has 0 aliphatic heterocycles. The van der Waals surface area contributed by atoms with Crippen molar-refractivity contribution in [3.63, 3.8) is 0 Å². The molecule has 8 nitrogen and oxygen atoms in total. The molecule has 0 fully saturated rings. The zero-order valence-corrected chi connectivity index (χ0v) is 15.8. The molecule has 0 aliphatic rings. The molecule has 0 radical (unpaired) electrons. The molecule has 0 spiro atoms. The molecule has 0 aliphatic carbocycles. The highest BCUT2D eigenvalue weighted by molar-refractivity contribution is 5.82. The first-order valence-electron chi connectivity index (χ1n) is 9.39. The van der Waals surface area contributed by atoms with Gasteiger partial charge in [0.1, 0.15) is 18.4 Å². The highest BCUT2D eigenvalue weighted by Gasteiger charge is 2.18. The molecule has 0 bridgehead atoms. The Morgan fingerprint density at radius 3 is 2.60 bits per heavy atom. The molecule has 148 valence electrons. The number of aromatic nitrogens is 4. The highest BCUT2D eigenvalue weighted by atomic mass is 16.3.